The number of H-pyrrole nitrogens is 1. The maximum absolute atomic E-state index is 12.6. The highest BCUT2D eigenvalue weighted by Gasteiger charge is 2.19. The highest BCUT2D eigenvalue weighted by molar-refractivity contribution is 7.13. The Bertz CT molecular complexity index is 825. The van der Waals surface area contributed by atoms with Crippen LogP contribution in [0.1, 0.15) is 36.7 Å². The molecule has 0 bridgehead atoms. The molecule has 1 N–H and O–H groups in total. The van der Waals surface area contributed by atoms with Crippen LogP contribution in [0.5, 0.6) is 0 Å². The third kappa shape index (κ3) is 1.81. The Kier molecular flexibility index (Phi) is 3.01. The maximum Gasteiger partial charge on any atom is 0.276 e. The van der Waals surface area contributed by atoms with Gasteiger partial charge in [-0.1, -0.05) is 19.9 Å². The van der Waals surface area contributed by atoms with E-state index in [1.807, 2.05) is 39.1 Å². The lowest BCUT2D eigenvalue weighted by atomic mass is 10.0. The molecule has 3 aromatic rings. The molecule has 0 radical (unpaired) electrons. The summed E-state index contributed by atoms with van der Waals surface area (Å²) in [6.07, 6.45) is 0. The molecular formula is C15H17N3OS. The third-order valence-corrected chi connectivity index (χ3v) is 4.42. The second-order valence-corrected chi connectivity index (χ2v) is 6.27. The van der Waals surface area contributed by atoms with Gasteiger partial charge in [-0.2, -0.15) is 0 Å². The predicted molar refractivity (Wildman–Crippen MR) is 82.7 cm³/mol. The van der Waals surface area contributed by atoms with Crippen LogP contribution in [0.15, 0.2) is 22.3 Å². The van der Waals surface area contributed by atoms with E-state index in [0.717, 1.165) is 33.0 Å². The zero-order valence-electron chi connectivity index (χ0n) is 12.0. The van der Waals surface area contributed by atoms with E-state index in [0.29, 0.717) is 0 Å². The molecule has 3 rings (SSSR count). The van der Waals surface area contributed by atoms with Gasteiger partial charge < -0.3 is 0 Å². The molecule has 0 atom stereocenters. The monoisotopic (exact) mass is 287 g/mol. The molecule has 20 heavy (non-hydrogen) atoms. The topological polar surface area (TPSA) is 50.2 Å². The van der Waals surface area contributed by atoms with Crippen LogP contribution in [0.4, 0.5) is 0 Å². The zero-order chi connectivity index (χ0) is 14.4. The Morgan fingerprint density at radius 2 is 2.10 bits per heavy atom. The number of rotatable bonds is 2. The van der Waals surface area contributed by atoms with Crippen molar-refractivity contribution >= 4 is 17.0 Å². The molecule has 0 spiro atoms. The largest absolute Gasteiger partial charge is 0.293 e. The lowest BCUT2D eigenvalue weighted by Crippen LogP contribution is -2.22. The number of aromatic nitrogens is 3. The fourth-order valence-electron chi connectivity index (χ4n) is 2.68. The maximum atomic E-state index is 12.6. The Hall–Kier alpha value is -1.88. The summed E-state index contributed by atoms with van der Waals surface area (Å²) in [5, 5.41) is 5.19. The molecule has 0 aliphatic heterocycles. The highest BCUT2D eigenvalue weighted by atomic mass is 32.1. The van der Waals surface area contributed by atoms with E-state index < -0.39 is 0 Å². The molecule has 3 aromatic heterocycles. The number of hydrogen-bond donors (Lipinski definition) is 1. The summed E-state index contributed by atoms with van der Waals surface area (Å²) in [4.78, 5) is 18.4. The third-order valence-electron chi connectivity index (χ3n) is 3.53. The van der Waals surface area contributed by atoms with Crippen LogP contribution in [0, 0.1) is 13.8 Å². The van der Waals surface area contributed by atoms with Gasteiger partial charge in [0.2, 0.25) is 0 Å². The quantitative estimate of drug-likeness (QED) is 0.784. The molecule has 3 heterocycles. The average Bonchev–Trinajstić information content (AvgIpc) is 2.95. The standard InChI is InChI=1S/C15H17N3OS/c1-8(2)12-9(3)16-14-13(11-6-5-7-20-11)10(4)17-18(14)15(12)19/h5-8,17H,1-4H3. The first kappa shape index (κ1) is 13.1. The van der Waals surface area contributed by atoms with Crippen molar-refractivity contribution < 1.29 is 0 Å². The number of aromatic amines is 1. The molecule has 104 valence electrons. The minimum atomic E-state index is 0.00778. The Morgan fingerprint density at radius 3 is 2.70 bits per heavy atom. The fraction of sp³-hybridized carbons (Fsp3) is 0.333. The minimum Gasteiger partial charge on any atom is -0.293 e. The number of thiophene rings is 1. The van der Waals surface area contributed by atoms with Gasteiger partial charge >= 0.3 is 0 Å². The number of nitrogens with one attached hydrogen (secondary N) is 1. The molecule has 0 fully saturated rings. The normalized spacial score (nSPS) is 11.7. The molecular weight excluding hydrogens is 270 g/mol. The lowest BCUT2D eigenvalue weighted by molar-refractivity contribution is 0.776. The van der Waals surface area contributed by atoms with Gasteiger partial charge in [0.05, 0.1) is 5.56 Å². The fourth-order valence-corrected chi connectivity index (χ4v) is 3.51. The van der Waals surface area contributed by atoms with E-state index in [1.165, 1.54) is 0 Å². The summed E-state index contributed by atoms with van der Waals surface area (Å²) in [6.45, 7) is 7.94. The Balaban J connectivity index is 2.42. The van der Waals surface area contributed by atoms with Crippen LogP contribution in [0.2, 0.25) is 0 Å². The molecule has 0 unspecified atom stereocenters. The Morgan fingerprint density at radius 1 is 1.35 bits per heavy atom. The van der Waals surface area contributed by atoms with Gasteiger partial charge in [0, 0.05) is 21.8 Å². The van der Waals surface area contributed by atoms with Gasteiger partial charge in [-0.15, -0.1) is 11.3 Å². The van der Waals surface area contributed by atoms with Gasteiger partial charge in [0.25, 0.3) is 5.56 Å². The van der Waals surface area contributed by atoms with Gasteiger partial charge in [-0.05, 0) is 31.2 Å². The molecule has 5 heteroatoms. The number of fused-ring (bicyclic) bond motifs is 1. The van der Waals surface area contributed by atoms with Crippen LogP contribution in [-0.4, -0.2) is 14.6 Å². The zero-order valence-corrected chi connectivity index (χ0v) is 12.8. The SMILES string of the molecule is Cc1nc2c(-c3cccs3)c(C)[nH]n2c(=O)c1C(C)C. The molecule has 0 saturated carbocycles. The summed E-state index contributed by atoms with van der Waals surface area (Å²) in [5.74, 6) is 0.167. The van der Waals surface area contributed by atoms with Crippen molar-refractivity contribution in [2.45, 2.75) is 33.6 Å². The van der Waals surface area contributed by atoms with Crippen molar-refractivity contribution in [3.63, 3.8) is 0 Å². The van der Waals surface area contributed by atoms with Crippen molar-refractivity contribution in [2.24, 2.45) is 0 Å². The molecule has 0 amide bonds. The van der Waals surface area contributed by atoms with Gasteiger partial charge in [-0.3, -0.25) is 9.89 Å². The van der Waals surface area contributed by atoms with Crippen LogP contribution >= 0.6 is 11.3 Å². The predicted octanol–water partition coefficient (Wildman–Crippen LogP) is 3.49. The van der Waals surface area contributed by atoms with Crippen molar-refractivity contribution in [1.82, 2.24) is 14.6 Å². The van der Waals surface area contributed by atoms with Crippen LogP contribution in [-0.2, 0) is 0 Å². The number of nitrogens with zero attached hydrogens (tertiary/aromatic N) is 2. The van der Waals surface area contributed by atoms with E-state index in [4.69, 9.17) is 0 Å². The molecule has 0 saturated heterocycles. The van der Waals surface area contributed by atoms with Crippen molar-refractivity contribution in [3.05, 3.63) is 44.8 Å². The van der Waals surface area contributed by atoms with Crippen molar-refractivity contribution in [2.75, 3.05) is 0 Å². The van der Waals surface area contributed by atoms with Crippen molar-refractivity contribution in [1.29, 1.82) is 0 Å². The lowest BCUT2D eigenvalue weighted by Gasteiger charge is -2.08. The minimum absolute atomic E-state index is 0.00778. The Labute approximate surface area is 121 Å². The second-order valence-electron chi connectivity index (χ2n) is 5.32. The van der Waals surface area contributed by atoms with Crippen LogP contribution in [0.25, 0.3) is 16.1 Å². The first-order valence-electron chi connectivity index (χ1n) is 6.66. The molecule has 0 aliphatic rings. The van der Waals surface area contributed by atoms with Gasteiger partial charge in [0.1, 0.15) is 0 Å². The van der Waals surface area contributed by atoms with E-state index in [1.54, 1.807) is 15.9 Å². The molecule has 0 aromatic carbocycles. The summed E-state index contributed by atoms with van der Waals surface area (Å²) in [6, 6.07) is 4.06. The van der Waals surface area contributed by atoms with E-state index in [-0.39, 0.29) is 11.5 Å². The van der Waals surface area contributed by atoms with Crippen LogP contribution in [0.3, 0.4) is 0 Å². The summed E-state index contributed by atoms with van der Waals surface area (Å²) in [7, 11) is 0. The highest BCUT2D eigenvalue weighted by Crippen LogP contribution is 2.30. The first-order valence-corrected chi connectivity index (χ1v) is 7.54. The first-order chi connectivity index (χ1) is 9.50. The summed E-state index contributed by atoms with van der Waals surface area (Å²) in [5.41, 5.74) is 4.32. The summed E-state index contributed by atoms with van der Waals surface area (Å²) < 4.78 is 1.58. The van der Waals surface area contributed by atoms with Gasteiger partial charge in [0.15, 0.2) is 5.65 Å². The van der Waals surface area contributed by atoms with Gasteiger partial charge in [-0.25, -0.2) is 9.50 Å². The van der Waals surface area contributed by atoms with E-state index in [9.17, 15) is 4.79 Å². The summed E-state index contributed by atoms with van der Waals surface area (Å²) >= 11 is 1.66. The van der Waals surface area contributed by atoms with E-state index >= 15 is 0 Å². The number of hydrogen-bond acceptors (Lipinski definition) is 3. The average molecular weight is 287 g/mol. The molecule has 0 aliphatic carbocycles. The number of aryl methyl sites for hydroxylation is 2. The smallest absolute Gasteiger partial charge is 0.276 e. The van der Waals surface area contributed by atoms with Crippen LogP contribution < -0.4 is 5.56 Å². The second kappa shape index (κ2) is 4.59. The molecule has 4 nitrogen and oxygen atoms in total. The van der Waals surface area contributed by atoms with Crippen molar-refractivity contribution in [3.8, 4) is 10.4 Å². The van der Waals surface area contributed by atoms with E-state index in [2.05, 4.69) is 16.1 Å².